The van der Waals surface area contributed by atoms with E-state index < -0.39 is 0 Å². The summed E-state index contributed by atoms with van der Waals surface area (Å²) in [5.41, 5.74) is -0.0237. The van der Waals surface area contributed by atoms with Crippen LogP contribution in [0.2, 0.25) is 0 Å². The average Bonchev–Trinajstić information content (AvgIpc) is 2.91. The van der Waals surface area contributed by atoms with Gasteiger partial charge in [-0.25, -0.2) is 0 Å². The van der Waals surface area contributed by atoms with Crippen molar-refractivity contribution in [3.8, 4) is 5.88 Å². The molecule has 0 saturated carbocycles. The number of aliphatic hydroxyl groups is 1. The van der Waals surface area contributed by atoms with Crippen molar-refractivity contribution in [1.29, 1.82) is 0 Å². The van der Waals surface area contributed by atoms with E-state index in [1.165, 1.54) is 0 Å². The van der Waals surface area contributed by atoms with Crippen molar-refractivity contribution < 1.29 is 14.6 Å². The van der Waals surface area contributed by atoms with Gasteiger partial charge in [-0.15, -0.1) is 4.37 Å². The number of aromatic nitrogens is 2. The van der Waals surface area contributed by atoms with Crippen molar-refractivity contribution in [2.24, 2.45) is 0 Å². The highest BCUT2D eigenvalue weighted by Crippen LogP contribution is 2.27. The van der Waals surface area contributed by atoms with Gasteiger partial charge in [-0.3, -0.25) is 0 Å². The molecule has 0 spiro atoms. The van der Waals surface area contributed by atoms with Gasteiger partial charge in [-0.05, 0) is 20.8 Å². The first kappa shape index (κ1) is 16.4. The summed E-state index contributed by atoms with van der Waals surface area (Å²) in [5, 5.41) is 12.8. The maximum absolute atomic E-state index is 9.48. The molecule has 2 N–H and O–H groups in total. The smallest absolute Gasteiger partial charge is 0.271 e. The van der Waals surface area contributed by atoms with E-state index in [-0.39, 0.29) is 18.2 Å². The third-order valence-electron chi connectivity index (χ3n) is 3.09. The molecule has 0 aliphatic carbocycles. The number of morpholine rings is 1. The molecular formula is C13H24N4O3S. The van der Waals surface area contributed by atoms with Gasteiger partial charge in [0.2, 0.25) is 5.82 Å². The minimum Gasteiger partial charge on any atom is -0.467 e. The van der Waals surface area contributed by atoms with Crippen LogP contribution in [0, 0.1) is 0 Å². The lowest BCUT2D eigenvalue weighted by molar-refractivity contribution is 0.103. The zero-order valence-electron chi connectivity index (χ0n) is 12.8. The Balaban J connectivity index is 1.96. The molecule has 2 heterocycles. The van der Waals surface area contributed by atoms with Crippen molar-refractivity contribution in [3.05, 3.63) is 0 Å². The van der Waals surface area contributed by atoms with Crippen molar-refractivity contribution >= 4 is 17.5 Å². The number of rotatable bonds is 6. The summed E-state index contributed by atoms with van der Waals surface area (Å²) >= 11 is 1.13. The van der Waals surface area contributed by atoms with Gasteiger partial charge in [-0.2, -0.15) is 4.37 Å². The molecule has 120 valence electrons. The zero-order valence-corrected chi connectivity index (χ0v) is 13.7. The van der Waals surface area contributed by atoms with E-state index in [9.17, 15) is 5.11 Å². The molecule has 7 nitrogen and oxygen atoms in total. The van der Waals surface area contributed by atoms with Gasteiger partial charge in [0.15, 0.2) is 0 Å². The predicted octanol–water partition coefficient (Wildman–Crippen LogP) is 0.502. The number of ether oxygens (including phenoxy) is 2. The van der Waals surface area contributed by atoms with E-state index in [1.54, 1.807) is 0 Å². The van der Waals surface area contributed by atoms with Gasteiger partial charge in [0, 0.05) is 25.2 Å². The van der Waals surface area contributed by atoms with Crippen LogP contribution in [0.4, 0.5) is 5.82 Å². The molecule has 1 aliphatic rings. The van der Waals surface area contributed by atoms with Crippen LogP contribution in [0.25, 0.3) is 0 Å². The van der Waals surface area contributed by atoms with Gasteiger partial charge in [0.1, 0.15) is 6.10 Å². The fourth-order valence-corrected chi connectivity index (χ4v) is 2.45. The molecule has 0 radical (unpaired) electrons. The molecule has 8 heteroatoms. The van der Waals surface area contributed by atoms with Crippen molar-refractivity contribution in [2.45, 2.75) is 32.4 Å². The largest absolute Gasteiger partial charge is 0.467 e. The molecule has 21 heavy (non-hydrogen) atoms. The van der Waals surface area contributed by atoms with E-state index >= 15 is 0 Å². The summed E-state index contributed by atoms with van der Waals surface area (Å²) in [6, 6.07) is 0. The topological polar surface area (TPSA) is 79.7 Å². The molecular weight excluding hydrogens is 292 g/mol. The van der Waals surface area contributed by atoms with Crippen LogP contribution in [0.1, 0.15) is 20.8 Å². The van der Waals surface area contributed by atoms with Crippen molar-refractivity contribution in [3.63, 3.8) is 0 Å². The summed E-state index contributed by atoms with van der Waals surface area (Å²) in [6.45, 7) is 9.65. The van der Waals surface area contributed by atoms with E-state index in [0.717, 1.165) is 30.6 Å². The van der Waals surface area contributed by atoms with Gasteiger partial charge in [0.05, 0.1) is 31.5 Å². The average molecular weight is 316 g/mol. The first-order valence-electron chi connectivity index (χ1n) is 7.17. The fourth-order valence-electron chi connectivity index (χ4n) is 1.94. The third kappa shape index (κ3) is 5.06. The summed E-state index contributed by atoms with van der Waals surface area (Å²) < 4.78 is 19.7. The fraction of sp³-hybridized carbons (Fsp3) is 0.846. The molecule has 1 saturated heterocycles. The Morgan fingerprint density at radius 2 is 2.10 bits per heavy atom. The van der Waals surface area contributed by atoms with Crippen LogP contribution < -0.4 is 15.0 Å². The molecule has 1 aliphatic heterocycles. The summed E-state index contributed by atoms with van der Waals surface area (Å²) in [4.78, 5) is 2.11. The summed E-state index contributed by atoms with van der Waals surface area (Å²) in [7, 11) is 0. The number of nitrogens with one attached hydrogen (secondary N) is 1. The van der Waals surface area contributed by atoms with Gasteiger partial charge in [0.25, 0.3) is 5.88 Å². The molecule has 1 atom stereocenters. The van der Waals surface area contributed by atoms with Crippen molar-refractivity contribution in [2.75, 3.05) is 44.4 Å². The van der Waals surface area contributed by atoms with Crippen LogP contribution in [-0.2, 0) is 4.74 Å². The third-order valence-corrected chi connectivity index (χ3v) is 3.60. The highest BCUT2D eigenvalue weighted by Gasteiger charge is 2.23. The van der Waals surface area contributed by atoms with Crippen LogP contribution in [0.3, 0.4) is 0 Å². The van der Waals surface area contributed by atoms with Crippen LogP contribution >= 0.6 is 11.7 Å². The highest BCUT2D eigenvalue weighted by molar-refractivity contribution is 6.99. The molecule has 1 aromatic rings. The Morgan fingerprint density at radius 3 is 2.71 bits per heavy atom. The number of anilines is 1. The van der Waals surface area contributed by atoms with Crippen molar-refractivity contribution in [1.82, 2.24) is 14.1 Å². The molecule has 0 aromatic carbocycles. The predicted molar refractivity (Wildman–Crippen MR) is 82.2 cm³/mol. The van der Waals surface area contributed by atoms with E-state index in [1.807, 2.05) is 0 Å². The lowest BCUT2D eigenvalue weighted by Gasteiger charge is -2.28. The standard InChI is InChI=1S/C13H24N4O3S/c1-13(2,3)14-8-10(9-18)20-12-11(15-21-16-12)17-4-6-19-7-5-17/h10,14,18H,4-9H2,1-3H3. The monoisotopic (exact) mass is 316 g/mol. The van der Waals surface area contributed by atoms with Gasteiger partial charge < -0.3 is 24.8 Å². The van der Waals surface area contributed by atoms with E-state index in [0.29, 0.717) is 25.6 Å². The maximum atomic E-state index is 9.48. The molecule has 0 bridgehead atoms. The first-order chi connectivity index (χ1) is 9.99. The molecule has 1 unspecified atom stereocenters. The Morgan fingerprint density at radius 1 is 1.38 bits per heavy atom. The summed E-state index contributed by atoms with van der Waals surface area (Å²) in [6.07, 6.45) is -0.340. The first-order valence-corrected chi connectivity index (χ1v) is 7.90. The van der Waals surface area contributed by atoms with E-state index in [2.05, 4.69) is 39.7 Å². The number of aliphatic hydroxyl groups excluding tert-OH is 1. The summed E-state index contributed by atoms with van der Waals surface area (Å²) in [5.74, 6) is 1.24. The Kier molecular flexibility index (Phi) is 5.74. The number of nitrogens with zero attached hydrogens (tertiary/aromatic N) is 3. The maximum Gasteiger partial charge on any atom is 0.271 e. The highest BCUT2D eigenvalue weighted by atomic mass is 32.1. The van der Waals surface area contributed by atoms with Gasteiger partial charge >= 0.3 is 0 Å². The van der Waals surface area contributed by atoms with Crippen LogP contribution in [-0.4, -0.2) is 65.0 Å². The quantitative estimate of drug-likeness (QED) is 0.791. The molecule has 1 aromatic heterocycles. The molecule has 1 fully saturated rings. The second-order valence-corrected chi connectivity index (χ2v) is 6.57. The van der Waals surface area contributed by atoms with Crippen LogP contribution in [0.5, 0.6) is 5.88 Å². The SMILES string of the molecule is CC(C)(C)NCC(CO)Oc1nsnc1N1CCOCC1. The lowest BCUT2D eigenvalue weighted by atomic mass is 10.1. The Bertz CT molecular complexity index is 429. The Hall–Kier alpha value is -0.960. The normalized spacial score (nSPS) is 17.8. The van der Waals surface area contributed by atoms with Crippen LogP contribution in [0.15, 0.2) is 0 Å². The second-order valence-electron chi connectivity index (χ2n) is 6.05. The second kappa shape index (κ2) is 7.35. The number of hydrogen-bond donors (Lipinski definition) is 2. The minimum absolute atomic E-state index is 0.0237. The number of hydrogen-bond acceptors (Lipinski definition) is 8. The van der Waals surface area contributed by atoms with Gasteiger partial charge in [-0.1, -0.05) is 0 Å². The van der Waals surface area contributed by atoms with E-state index in [4.69, 9.17) is 9.47 Å². The zero-order chi connectivity index (χ0) is 15.3. The Labute approximate surface area is 129 Å². The molecule has 2 rings (SSSR count). The molecule has 0 amide bonds. The lowest BCUT2D eigenvalue weighted by Crippen LogP contribution is -2.44. The minimum atomic E-state index is -0.340.